The van der Waals surface area contributed by atoms with Crippen LogP contribution in [-0.2, 0) is 0 Å². The molecule has 0 aromatic rings. The van der Waals surface area contributed by atoms with Crippen LogP contribution < -0.4 is 5.32 Å². The fourth-order valence-corrected chi connectivity index (χ4v) is 2.81. The van der Waals surface area contributed by atoms with Crippen LogP contribution in [0.2, 0.25) is 0 Å². The van der Waals surface area contributed by atoms with Crippen LogP contribution in [0.4, 0.5) is 0 Å². The normalized spacial score (nSPS) is 33.9. The van der Waals surface area contributed by atoms with Crippen molar-refractivity contribution in [2.45, 2.75) is 44.7 Å². The number of nitrogens with zero attached hydrogens (tertiary/aromatic N) is 1. The van der Waals surface area contributed by atoms with Crippen LogP contribution in [0.25, 0.3) is 0 Å². The van der Waals surface area contributed by atoms with Gasteiger partial charge in [-0.25, -0.2) is 0 Å². The van der Waals surface area contributed by atoms with Crippen molar-refractivity contribution < 1.29 is 0 Å². The van der Waals surface area contributed by atoms with Gasteiger partial charge in [-0.2, -0.15) is 0 Å². The number of hydrogen-bond acceptors (Lipinski definition) is 2. The Morgan fingerprint density at radius 1 is 1.31 bits per heavy atom. The lowest BCUT2D eigenvalue weighted by Crippen LogP contribution is -2.46. The lowest BCUT2D eigenvalue weighted by atomic mass is 9.88. The van der Waals surface area contributed by atoms with Gasteiger partial charge in [-0.05, 0) is 59.2 Å². The van der Waals surface area contributed by atoms with Crippen molar-refractivity contribution in [3.63, 3.8) is 0 Å². The molecule has 1 saturated carbocycles. The second-order valence-electron chi connectivity index (χ2n) is 5.12. The smallest absolute Gasteiger partial charge is 0.0196 e. The predicted octanol–water partition coefficient (Wildman–Crippen LogP) is 1.47. The Labute approximate surface area is 81.7 Å². The van der Waals surface area contributed by atoms with Gasteiger partial charge in [0.05, 0.1) is 0 Å². The monoisotopic (exact) mass is 182 g/mol. The van der Waals surface area contributed by atoms with Gasteiger partial charge in [-0.1, -0.05) is 0 Å². The third-order valence-corrected chi connectivity index (χ3v) is 3.90. The third-order valence-electron chi connectivity index (χ3n) is 3.90. The molecule has 2 fully saturated rings. The molecule has 1 aliphatic heterocycles. The van der Waals surface area contributed by atoms with Crippen molar-refractivity contribution in [3.05, 3.63) is 0 Å². The molecule has 1 unspecified atom stereocenters. The molecule has 2 heteroatoms. The summed E-state index contributed by atoms with van der Waals surface area (Å²) in [5, 5.41) is 3.32. The summed E-state index contributed by atoms with van der Waals surface area (Å²) in [6, 6.07) is 0.928. The van der Waals surface area contributed by atoms with E-state index in [0.717, 1.165) is 12.0 Å². The van der Waals surface area contributed by atoms with Gasteiger partial charge in [0.25, 0.3) is 0 Å². The summed E-state index contributed by atoms with van der Waals surface area (Å²) < 4.78 is 0. The van der Waals surface area contributed by atoms with Gasteiger partial charge in [-0.15, -0.1) is 0 Å². The summed E-state index contributed by atoms with van der Waals surface area (Å²) >= 11 is 0. The van der Waals surface area contributed by atoms with Crippen LogP contribution >= 0.6 is 0 Å². The quantitative estimate of drug-likeness (QED) is 0.711. The Kier molecular flexibility index (Phi) is 2.37. The largest absolute Gasteiger partial charge is 0.319 e. The number of likely N-dealkylation sites (tertiary alicyclic amines) is 1. The number of rotatable bonds is 3. The molecule has 0 aromatic heterocycles. The minimum absolute atomic E-state index is 0.435. The molecule has 0 spiro atoms. The van der Waals surface area contributed by atoms with Crippen molar-refractivity contribution in [1.82, 2.24) is 10.2 Å². The topological polar surface area (TPSA) is 15.3 Å². The zero-order valence-corrected chi connectivity index (χ0v) is 9.14. The summed E-state index contributed by atoms with van der Waals surface area (Å²) in [5.74, 6) is 0.845. The highest BCUT2D eigenvalue weighted by atomic mass is 15.3. The first kappa shape index (κ1) is 9.47. The van der Waals surface area contributed by atoms with Gasteiger partial charge in [0.2, 0.25) is 0 Å². The van der Waals surface area contributed by atoms with E-state index in [1.807, 2.05) is 0 Å². The molecule has 2 nitrogen and oxygen atoms in total. The molecule has 2 aliphatic rings. The minimum Gasteiger partial charge on any atom is -0.319 e. The summed E-state index contributed by atoms with van der Waals surface area (Å²) in [7, 11) is 2.07. The lowest BCUT2D eigenvalue weighted by Gasteiger charge is -2.36. The zero-order chi connectivity index (χ0) is 9.47. The molecule has 0 amide bonds. The van der Waals surface area contributed by atoms with Crippen LogP contribution in [0, 0.1) is 5.92 Å². The van der Waals surface area contributed by atoms with Crippen LogP contribution in [0.5, 0.6) is 0 Å². The Hall–Kier alpha value is -0.0800. The summed E-state index contributed by atoms with van der Waals surface area (Å²) in [6.45, 7) is 7.33. The summed E-state index contributed by atoms with van der Waals surface area (Å²) in [5.41, 5.74) is 0.435. The van der Waals surface area contributed by atoms with Crippen molar-refractivity contribution in [2.24, 2.45) is 5.92 Å². The van der Waals surface area contributed by atoms with Gasteiger partial charge in [0, 0.05) is 11.6 Å². The molecule has 0 radical (unpaired) electrons. The van der Waals surface area contributed by atoms with E-state index in [1.54, 1.807) is 0 Å². The molecule has 1 atom stereocenters. The van der Waals surface area contributed by atoms with Gasteiger partial charge in [-0.3, -0.25) is 4.90 Å². The average Bonchev–Trinajstić information content (AvgIpc) is 2.82. The highest BCUT2D eigenvalue weighted by Gasteiger charge is 2.46. The molecule has 1 N–H and O–H groups in total. The highest BCUT2D eigenvalue weighted by Crippen LogP contribution is 2.41. The summed E-state index contributed by atoms with van der Waals surface area (Å²) in [4.78, 5) is 2.73. The maximum atomic E-state index is 3.32. The molecule has 0 aromatic carbocycles. The maximum Gasteiger partial charge on any atom is 0.0196 e. The fraction of sp³-hybridized carbons (Fsp3) is 1.00. The van der Waals surface area contributed by atoms with Gasteiger partial charge in [0.1, 0.15) is 0 Å². The fourth-order valence-electron chi connectivity index (χ4n) is 2.81. The first-order valence-corrected chi connectivity index (χ1v) is 5.57. The van der Waals surface area contributed by atoms with Crippen LogP contribution in [0.15, 0.2) is 0 Å². The van der Waals surface area contributed by atoms with Gasteiger partial charge < -0.3 is 5.32 Å². The molecule has 1 heterocycles. The molecule has 13 heavy (non-hydrogen) atoms. The number of hydrogen-bond donors (Lipinski definition) is 1. The zero-order valence-electron chi connectivity index (χ0n) is 9.14. The molecule has 76 valence electrons. The van der Waals surface area contributed by atoms with E-state index < -0.39 is 0 Å². The molecular formula is C11H22N2. The SMILES string of the molecule is CNCC1CCN(C2CC2)C1(C)C. The first-order valence-electron chi connectivity index (χ1n) is 5.57. The van der Waals surface area contributed by atoms with Crippen molar-refractivity contribution in [1.29, 1.82) is 0 Å². The van der Waals surface area contributed by atoms with Crippen molar-refractivity contribution in [2.75, 3.05) is 20.1 Å². The van der Waals surface area contributed by atoms with Crippen LogP contribution in [0.3, 0.4) is 0 Å². The Balaban J connectivity index is 2.01. The average molecular weight is 182 g/mol. The van der Waals surface area contributed by atoms with Crippen molar-refractivity contribution >= 4 is 0 Å². The maximum absolute atomic E-state index is 3.32. The van der Waals surface area contributed by atoms with E-state index in [0.29, 0.717) is 5.54 Å². The standard InChI is InChI=1S/C11H22N2/c1-11(2)9(8-12-3)6-7-13(11)10-4-5-10/h9-10,12H,4-8H2,1-3H3. The second kappa shape index (κ2) is 3.25. The highest BCUT2D eigenvalue weighted by molar-refractivity contribution is 5.02. The molecule has 0 bridgehead atoms. The van der Waals surface area contributed by atoms with E-state index in [-0.39, 0.29) is 0 Å². The Bertz CT molecular complexity index is 185. The van der Waals surface area contributed by atoms with E-state index in [1.165, 1.54) is 32.4 Å². The minimum atomic E-state index is 0.435. The first-order chi connectivity index (χ1) is 6.16. The van der Waals surface area contributed by atoms with E-state index >= 15 is 0 Å². The van der Waals surface area contributed by atoms with Crippen LogP contribution in [0.1, 0.15) is 33.1 Å². The molecular weight excluding hydrogens is 160 g/mol. The van der Waals surface area contributed by atoms with Gasteiger partial charge >= 0.3 is 0 Å². The Morgan fingerprint density at radius 2 is 2.00 bits per heavy atom. The lowest BCUT2D eigenvalue weighted by molar-refractivity contribution is 0.130. The van der Waals surface area contributed by atoms with E-state index in [2.05, 4.69) is 31.1 Å². The molecule has 1 saturated heterocycles. The second-order valence-corrected chi connectivity index (χ2v) is 5.12. The van der Waals surface area contributed by atoms with E-state index in [9.17, 15) is 0 Å². The van der Waals surface area contributed by atoms with Crippen LogP contribution in [-0.4, -0.2) is 36.6 Å². The third kappa shape index (κ3) is 1.62. The number of nitrogens with one attached hydrogen (secondary N) is 1. The Morgan fingerprint density at radius 3 is 2.54 bits per heavy atom. The van der Waals surface area contributed by atoms with E-state index in [4.69, 9.17) is 0 Å². The van der Waals surface area contributed by atoms with Crippen molar-refractivity contribution in [3.8, 4) is 0 Å². The summed E-state index contributed by atoms with van der Waals surface area (Å²) in [6.07, 6.45) is 4.26. The predicted molar refractivity (Wildman–Crippen MR) is 55.8 cm³/mol. The van der Waals surface area contributed by atoms with Gasteiger partial charge in [0.15, 0.2) is 0 Å². The molecule has 1 aliphatic carbocycles. The molecule has 2 rings (SSSR count).